The Bertz CT molecular complexity index is 538. The molecule has 1 aliphatic rings. The van der Waals surface area contributed by atoms with Crippen LogP contribution in [-0.4, -0.2) is 26.0 Å². The van der Waals surface area contributed by atoms with Crippen molar-refractivity contribution in [3.05, 3.63) is 30.5 Å². The molecule has 3 rings (SSSR count). The predicted molar refractivity (Wildman–Crippen MR) is 68.7 cm³/mol. The Morgan fingerprint density at radius 2 is 1.94 bits per heavy atom. The summed E-state index contributed by atoms with van der Waals surface area (Å²) in [7, 11) is 0. The van der Waals surface area contributed by atoms with E-state index in [-0.39, 0.29) is 0 Å². The van der Waals surface area contributed by atoms with E-state index in [0.717, 1.165) is 17.1 Å². The van der Waals surface area contributed by atoms with Gasteiger partial charge in [0.2, 0.25) is 5.95 Å². The van der Waals surface area contributed by atoms with Crippen LogP contribution in [0.25, 0.3) is 0 Å². The minimum absolute atomic E-state index is 0.554. The van der Waals surface area contributed by atoms with Gasteiger partial charge in [0.1, 0.15) is 12.1 Å². The monoisotopic (exact) mass is 242 g/mol. The molecule has 2 N–H and O–H groups in total. The van der Waals surface area contributed by atoms with Gasteiger partial charge in [0.15, 0.2) is 0 Å². The second-order valence-corrected chi connectivity index (χ2v) is 4.40. The van der Waals surface area contributed by atoms with E-state index in [1.165, 1.54) is 19.2 Å². The van der Waals surface area contributed by atoms with Gasteiger partial charge in [0, 0.05) is 17.8 Å². The molecule has 2 aromatic rings. The first-order chi connectivity index (χ1) is 8.81. The molecule has 2 heterocycles. The molecule has 6 heteroatoms. The van der Waals surface area contributed by atoms with Gasteiger partial charge in [-0.3, -0.25) is 0 Å². The molecule has 0 unspecified atom stereocenters. The van der Waals surface area contributed by atoms with Crippen molar-refractivity contribution >= 4 is 17.5 Å². The van der Waals surface area contributed by atoms with Crippen molar-refractivity contribution in [3.63, 3.8) is 0 Å². The zero-order chi connectivity index (χ0) is 12.4. The van der Waals surface area contributed by atoms with Crippen molar-refractivity contribution in [2.45, 2.75) is 25.8 Å². The average molecular weight is 242 g/mol. The van der Waals surface area contributed by atoms with Crippen molar-refractivity contribution in [2.24, 2.45) is 0 Å². The van der Waals surface area contributed by atoms with E-state index in [1.54, 1.807) is 12.4 Å². The first-order valence-electron chi connectivity index (χ1n) is 5.93. The SMILES string of the molecule is Cc1cnc(Nc2cncnc2)nc1NC1CC1. The standard InChI is InChI=1S/C12H14N6/c1-8-4-15-12(17-10-5-13-7-14-6-10)18-11(8)16-9-2-3-9/h4-7,9H,2-3H2,1H3,(H2,15,16,17,18). The zero-order valence-corrected chi connectivity index (χ0v) is 10.1. The molecule has 0 atom stereocenters. The van der Waals surface area contributed by atoms with Gasteiger partial charge in [-0.2, -0.15) is 4.98 Å². The van der Waals surface area contributed by atoms with Crippen LogP contribution < -0.4 is 10.6 Å². The Morgan fingerprint density at radius 1 is 1.17 bits per heavy atom. The Kier molecular flexibility index (Phi) is 2.76. The van der Waals surface area contributed by atoms with Crippen LogP contribution in [0.3, 0.4) is 0 Å². The number of nitrogens with zero attached hydrogens (tertiary/aromatic N) is 4. The molecule has 1 saturated carbocycles. The van der Waals surface area contributed by atoms with Gasteiger partial charge in [0.05, 0.1) is 18.1 Å². The summed E-state index contributed by atoms with van der Waals surface area (Å²) >= 11 is 0. The maximum absolute atomic E-state index is 4.46. The van der Waals surface area contributed by atoms with Crippen LogP contribution in [0, 0.1) is 6.92 Å². The fourth-order valence-electron chi connectivity index (χ4n) is 1.56. The quantitative estimate of drug-likeness (QED) is 0.852. The second-order valence-electron chi connectivity index (χ2n) is 4.40. The van der Waals surface area contributed by atoms with E-state index in [1.807, 2.05) is 13.1 Å². The fraction of sp³-hybridized carbons (Fsp3) is 0.333. The first-order valence-corrected chi connectivity index (χ1v) is 5.93. The Morgan fingerprint density at radius 3 is 2.67 bits per heavy atom. The molecule has 1 fully saturated rings. The van der Waals surface area contributed by atoms with Gasteiger partial charge in [-0.25, -0.2) is 15.0 Å². The Balaban J connectivity index is 1.79. The van der Waals surface area contributed by atoms with Crippen LogP contribution >= 0.6 is 0 Å². The molecule has 18 heavy (non-hydrogen) atoms. The molecule has 1 aliphatic carbocycles. The molecule has 0 aromatic carbocycles. The summed E-state index contributed by atoms with van der Waals surface area (Å²) in [6.07, 6.45) is 9.11. The van der Waals surface area contributed by atoms with Crippen molar-refractivity contribution in [1.82, 2.24) is 19.9 Å². The maximum Gasteiger partial charge on any atom is 0.229 e. The normalized spacial score (nSPS) is 14.3. The lowest BCUT2D eigenvalue weighted by atomic mass is 10.3. The lowest BCUT2D eigenvalue weighted by molar-refractivity contribution is 1.06. The highest BCUT2D eigenvalue weighted by Crippen LogP contribution is 2.25. The summed E-state index contributed by atoms with van der Waals surface area (Å²) in [6, 6.07) is 0.575. The van der Waals surface area contributed by atoms with E-state index >= 15 is 0 Å². The lowest BCUT2D eigenvalue weighted by Crippen LogP contribution is -2.07. The predicted octanol–water partition coefficient (Wildman–Crippen LogP) is 1.89. The van der Waals surface area contributed by atoms with Crippen molar-refractivity contribution < 1.29 is 0 Å². The maximum atomic E-state index is 4.46. The lowest BCUT2D eigenvalue weighted by Gasteiger charge is -2.09. The molecule has 0 aliphatic heterocycles. The zero-order valence-electron chi connectivity index (χ0n) is 10.1. The first kappa shape index (κ1) is 10.9. The van der Waals surface area contributed by atoms with Gasteiger partial charge in [-0.05, 0) is 19.8 Å². The molecule has 0 spiro atoms. The van der Waals surface area contributed by atoms with Crippen LogP contribution in [0.4, 0.5) is 17.5 Å². The minimum Gasteiger partial charge on any atom is -0.367 e. The van der Waals surface area contributed by atoms with Gasteiger partial charge in [0.25, 0.3) is 0 Å². The summed E-state index contributed by atoms with van der Waals surface area (Å²) in [4.78, 5) is 16.6. The molecule has 0 bridgehead atoms. The number of hydrogen-bond acceptors (Lipinski definition) is 6. The summed E-state index contributed by atoms with van der Waals surface area (Å²) < 4.78 is 0. The third-order valence-corrected chi connectivity index (χ3v) is 2.71. The number of rotatable bonds is 4. The highest BCUT2D eigenvalue weighted by Gasteiger charge is 2.22. The molecular weight excluding hydrogens is 228 g/mol. The Labute approximate surface area is 105 Å². The average Bonchev–Trinajstić information content (AvgIpc) is 3.19. The third kappa shape index (κ3) is 2.53. The highest BCUT2D eigenvalue weighted by atomic mass is 15.2. The van der Waals surface area contributed by atoms with Crippen LogP contribution in [0.15, 0.2) is 24.9 Å². The fourth-order valence-corrected chi connectivity index (χ4v) is 1.56. The number of aryl methyl sites for hydroxylation is 1. The number of nitrogens with one attached hydrogen (secondary N) is 2. The minimum atomic E-state index is 0.554. The molecule has 0 radical (unpaired) electrons. The van der Waals surface area contributed by atoms with Gasteiger partial charge in [-0.1, -0.05) is 0 Å². The summed E-state index contributed by atoms with van der Waals surface area (Å²) in [6.45, 7) is 2.00. The third-order valence-electron chi connectivity index (χ3n) is 2.71. The van der Waals surface area contributed by atoms with E-state index in [0.29, 0.717) is 12.0 Å². The molecule has 6 nitrogen and oxygen atoms in total. The van der Waals surface area contributed by atoms with Gasteiger partial charge < -0.3 is 10.6 Å². The van der Waals surface area contributed by atoms with Crippen molar-refractivity contribution in [1.29, 1.82) is 0 Å². The number of hydrogen-bond donors (Lipinski definition) is 2. The summed E-state index contributed by atoms with van der Waals surface area (Å²) in [5.41, 5.74) is 1.83. The van der Waals surface area contributed by atoms with E-state index < -0.39 is 0 Å². The molecular formula is C12H14N6. The van der Waals surface area contributed by atoms with Crippen molar-refractivity contribution in [3.8, 4) is 0 Å². The van der Waals surface area contributed by atoms with Gasteiger partial charge >= 0.3 is 0 Å². The van der Waals surface area contributed by atoms with E-state index in [2.05, 4.69) is 30.6 Å². The highest BCUT2D eigenvalue weighted by molar-refractivity contribution is 5.54. The molecule has 0 saturated heterocycles. The molecule has 0 amide bonds. The van der Waals surface area contributed by atoms with E-state index in [9.17, 15) is 0 Å². The molecule has 2 aromatic heterocycles. The van der Waals surface area contributed by atoms with Crippen molar-refractivity contribution in [2.75, 3.05) is 10.6 Å². The van der Waals surface area contributed by atoms with Crippen LogP contribution in [0.1, 0.15) is 18.4 Å². The van der Waals surface area contributed by atoms with Crippen LogP contribution in [0.2, 0.25) is 0 Å². The smallest absolute Gasteiger partial charge is 0.229 e. The number of aromatic nitrogens is 4. The summed E-state index contributed by atoms with van der Waals surface area (Å²) in [5, 5.41) is 6.47. The number of anilines is 3. The second kappa shape index (κ2) is 4.56. The van der Waals surface area contributed by atoms with Gasteiger partial charge in [-0.15, -0.1) is 0 Å². The van der Waals surface area contributed by atoms with E-state index in [4.69, 9.17) is 0 Å². The molecule has 92 valence electrons. The summed E-state index contributed by atoms with van der Waals surface area (Å²) in [5.74, 6) is 1.45. The van der Waals surface area contributed by atoms with Crippen LogP contribution in [-0.2, 0) is 0 Å². The topological polar surface area (TPSA) is 75.6 Å². The largest absolute Gasteiger partial charge is 0.367 e. The Hall–Kier alpha value is -2.24. The van der Waals surface area contributed by atoms with Crippen LogP contribution in [0.5, 0.6) is 0 Å².